The molecular formula is C14H11N4O4-. The topological polar surface area (TPSA) is 121 Å². The Labute approximate surface area is 125 Å². The Hall–Kier alpha value is -3.29. The van der Waals surface area contributed by atoms with Gasteiger partial charge in [0.25, 0.3) is 11.6 Å². The molecule has 8 nitrogen and oxygen atoms in total. The van der Waals surface area contributed by atoms with Crippen LogP contribution in [0.5, 0.6) is 5.75 Å². The normalized spacial score (nSPS) is 10.6. The molecule has 0 saturated heterocycles. The molecule has 1 amide bonds. The van der Waals surface area contributed by atoms with Crippen LogP contribution in [0.15, 0.2) is 41.6 Å². The van der Waals surface area contributed by atoms with Gasteiger partial charge in [-0.25, -0.2) is 5.43 Å². The Morgan fingerprint density at radius 2 is 2.14 bits per heavy atom. The minimum Gasteiger partial charge on any atom is -0.867 e. The standard InChI is InChI=1S/C14H12N4O4/c1-9-5-6-11(7-15-9)14(20)17-16-8-10-3-2-4-12(13(10)19)18(21)22/h2-8,19H,1H3,(H,17,20)/p-1. The molecule has 1 aromatic heterocycles. The summed E-state index contributed by atoms with van der Waals surface area (Å²) in [7, 11) is 0. The maximum atomic E-state index is 11.8. The SMILES string of the molecule is Cc1ccc(C(=O)NN=Cc2cccc([N+](=O)[O-])c2[O-])cn1. The van der Waals surface area contributed by atoms with Crippen molar-refractivity contribution in [3.05, 3.63) is 63.5 Å². The van der Waals surface area contributed by atoms with E-state index in [1.165, 1.54) is 18.3 Å². The first kappa shape index (κ1) is 15.1. The van der Waals surface area contributed by atoms with Crippen LogP contribution >= 0.6 is 0 Å². The van der Waals surface area contributed by atoms with Crippen molar-refractivity contribution in [1.29, 1.82) is 0 Å². The Morgan fingerprint density at radius 3 is 2.77 bits per heavy atom. The molecule has 0 aliphatic rings. The highest BCUT2D eigenvalue weighted by Crippen LogP contribution is 2.24. The predicted octanol–water partition coefficient (Wildman–Crippen LogP) is 1.14. The van der Waals surface area contributed by atoms with Crippen LogP contribution < -0.4 is 10.5 Å². The van der Waals surface area contributed by atoms with Crippen molar-refractivity contribution in [3.63, 3.8) is 0 Å². The molecule has 0 spiro atoms. The molecule has 22 heavy (non-hydrogen) atoms. The summed E-state index contributed by atoms with van der Waals surface area (Å²) in [6.45, 7) is 1.79. The lowest BCUT2D eigenvalue weighted by Gasteiger charge is -2.09. The van der Waals surface area contributed by atoms with E-state index in [1.54, 1.807) is 19.1 Å². The van der Waals surface area contributed by atoms with E-state index < -0.39 is 22.3 Å². The summed E-state index contributed by atoms with van der Waals surface area (Å²) in [5, 5.41) is 26.0. The van der Waals surface area contributed by atoms with Crippen LogP contribution in [0.1, 0.15) is 21.6 Å². The van der Waals surface area contributed by atoms with Crippen molar-refractivity contribution in [2.75, 3.05) is 0 Å². The van der Waals surface area contributed by atoms with Gasteiger partial charge in [-0.1, -0.05) is 12.1 Å². The number of carbonyl (C=O) groups excluding carboxylic acids is 1. The fraction of sp³-hybridized carbons (Fsp3) is 0.0714. The molecule has 0 atom stereocenters. The maximum absolute atomic E-state index is 11.8. The smallest absolute Gasteiger partial charge is 0.272 e. The number of pyridine rings is 1. The third-order valence-electron chi connectivity index (χ3n) is 2.76. The van der Waals surface area contributed by atoms with Crippen molar-refractivity contribution >= 4 is 17.8 Å². The highest BCUT2D eigenvalue weighted by molar-refractivity contribution is 5.95. The predicted molar refractivity (Wildman–Crippen MR) is 76.6 cm³/mol. The summed E-state index contributed by atoms with van der Waals surface area (Å²) in [6.07, 6.45) is 2.46. The summed E-state index contributed by atoms with van der Waals surface area (Å²) >= 11 is 0. The average Bonchev–Trinajstić information content (AvgIpc) is 2.49. The third kappa shape index (κ3) is 3.42. The first-order valence-electron chi connectivity index (χ1n) is 6.19. The fourth-order valence-electron chi connectivity index (χ4n) is 1.61. The molecular weight excluding hydrogens is 288 g/mol. The van der Waals surface area contributed by atoms with Crippen LogP contribution in [0.4, 0.5) is 5.69 Å². The quantitative estimate of drug-likeness (QED) is 0.515. The van der Waals surface area contributed by atoms with E-state index in [4.69, 9.17) is 0 Å². The third-order valence-corrected chi connectivity index (χ3v) is 2.76. The molecule has 1 heterocycles. The number of hydrazone groups is 1. The monoisotopic (exact) mass is 299 g/mol. The molecule has 0 aliphatic carbocycles. The number of amides is 1. The van der Waals surface area contributed by atoms with Gasteiger partial charge in [0.1, 0.15) is 0 Å². The van der Waals surface area contributed by atoms with Gasteiger partial charge in [-0.15, -0.1) is 0 Å². The zero-order chi connectivity index (χ0) is 16.1. The maximum Gasteiger partial charge on any atom is 0.272 e. The van der Waals surface area contributed by atoms with E-state index in [-0.39, 0.29) is 5.56 Å². The number of aryl methyl sites for hydroxylation is 1. The lowest BCUT2D eigenvalue weighted by Crippen LogP contribution is -2.18. The first-order chi connectivity index (χ1) is 10.5. The number of aromatic nitrogens is 1. The van der Waals surface area contributed by atoms with Crippen LogP contribution in [0.2, 0.25) is 0 Å². The van der Waals surface area contributed by atoms with Crippen molar-refractivity contribution in [2.24, 2.45) is 5.10 Å². The number of hydrogen-bond donors (Lipinski definition) is 1. The molecule has 1 N–H and O–H groups in total. The van der Waals surface area contributed by atoms with E-state index in [9.17, 15) is 20.0 Å². The molecule has 0 radical (unpaired) electrons. The summed E-state index contributed by atoms with van der Waals surface area (Å²) in [5.74, 6) is -1.26. The van der Waals surface area contributed by atoms with E-state index in [0.29, 0.717) is 5.56 Å². The molecule has 0 unspecified atom stereocenters. The van der Waals surface area contributed by atoms with Gasteiger partial charge >= 0.3 is 0 Å². The second kappa shape index (κ2) is 6.44. The molecule has 112 valence electrons. The Kier molecular flexibility index (Phi) is 4.42. The van der Waals surface area contributed by atoms with Gasteiger partial charge in [-0.2, -0.15) is 5.10 Å². The number of rotatable bonds is 4. The van der Waals surface area contributed by atoms with Gasteiger partial charge in [-0.05, 0) is 30.4 Å². The summed E-state index contributed by atoms with van der Waals surface area (Å²) in [5.41, 5.74) is 2.77. The first-order valence-corrected chi connectivity index (χ1v) is 6.19. The molecule has 2 rings (SSSR count). The fourth-order valence-corrected chi connectivity index (χ4v) is 1.61. The second-order valence-electron chi connectivity index (χ2n) is 4.34. The van der Waals surface area contributed by atoms with Gasteiger partial charge in [0.2, 0.25) is 0 Å². The lowest BCUT2D eigenvalue weighted by molar-refractivity contribution is -0.398. The number of carbonyl (C=O) groups is 1. The number of nitrogens with zero attached hydrogens (tertiary/aromatic N) is 3. The summed E-state index contributed by atoms with van der Waals surface area (Å²) in [6, 6.07) is 7.11. The zero-order valence-corrected chi connectivity index (χ0v) is 11.5. The Morgan fingerprint density at radius 1 is 1.36 bits per heavy atom. The summed E-state index contributed by atoms with van der Waals surface area (Å²) < 4.78 is 0. The van der Waals surface area contributed by atoms with Gasteiger partial charge in [0, 0.05) is 18.0 Å². The van der Waals surface area contributed by atoms with Crippen molar-refractivity contribution in [1.82, 2.24) is 10.4 Å². The second-order valence-corrected chi connectivity index (χ2v) is 4.34. The number of nitrogens with one attached hydrogen (secondary N) is 1. The number of nitro groups is 1. The number of nitro benzene ring substituents is 1. The lowest BCUT2D eigenvalue weighted by atomic mass is 10.2. The van der Waals surface area contributed by atoms with E-state index >= 15 is 0 Å². The number of para-hydroxylation sites is 1. The van der Waals surface area contributed by atoms with Crippen LogP contribution in [0.3, 0.4) is 0 Å². The minimum absolute atomic E-state index is 0.0107. The molecule has 0 aliphatic heterocycles. The van der Waals surface area contributed by atoms with Gasteiger partial charge in [0.05, 0.1) is 16.7 Å². The molecule has 0 fully saturated rings. The minimum atomic E-state index is -0.768. The van der Waals surface area contributed by atoms with Crippen molar-refractivity contribution in [2.45, 2.75) is 6.92 Å². The molecule has 8 heteroatoms. The largest absolute Gasteiger partial charge is 0.867 e. The summed E-state index contributed by atoms with van der Waals surface area (Å²) in [4.78, 5) is 25.6. The van der Waals surface area contributed by atoms with Crippen molar-refractivity contribution < 1.29 is 14.8 Å². The molecule has 0 bridgehead atoms. The van der Waals surface area contributed by atoms with Crippen LogP contribution in [-0.4, -0.2) is 22.0 Å². The van der Waals surface area contributed by atoms with Gasteiger partial charge in [-0.3, -0.25) is 19.9 Å². The van der Waals surface area contributed by atoms with Crippen LogP contribution in [-0.2, 0) is 0 Å². The van der Waals surface area contributed by atoms with Crippen LogP contribution in [0, 0.1) is 17.0 Å². The van der Waals surface area contributed by atoms with E-state index in [2.05, 4.69) is 15.5 Å². The molecule has 2 aromatic rings. The number of hydrogen-bond acceptors (Lipinski definition) is 6. The highest BCUT2D eigenvalue weighted by Gasteiger charge is 2.08. The zero-order valence-electron chi connectivity index (χ0n) is 11.5. The van der Waals surface area contributed by atoms with Crippen molar-refractivity contribution in [3.8, 4) is 5.75 Å². The van der Waals surface area contributed by atoms with Gasteiger partial charge in [0.15, 0.2) is 0 Å². The Bertz CT molecular complexity index is 741. The average molecular weight is 299 g/mol. The number of benzene rings is 1. The van der Waals surface area contributed by atoms with Gasteiger partial charge < -0.3 is 5.11 Å². The Balaban J connectivity index is 2.10. The molecule has 1 aromatic carbocycles. The van der Waals surface area contributed by atoms with E-state index in [1.807, 2.05) is 0 Å². The van der Waals surface area contributed by atoms with Crippen LogP contribution in [0.25, 0.3) is 0 Å². The highest BCUT2D eigenvalue weighted by atomic mass is 16.6. The molecule has 0 saturated carbocycles. The van der Waals surface area contributed by atoms with E-state index in [0.717, 1.165) is 18.0 Å².